The van der Waals surface area contributed by atoms with Crippen molar-refractivity contribution in [3.8, 4) is 0 Å². The number of anilines is 1. The van der Waals surface area contributed by atoms with Gasteiger partial charge < -0.3 is 15.4 Å². The highest BCUT2D eigenvalue weighted by molar-refractivity contribution is 8.00. The van der Waals surface area contributed by atoms with E-state index in [4.69, 9.17) is 22.1 Å². The number of ether oxygens (including phenoxy) is 1. The van der Waals surface area contributed by atoms with Crippen LogP contribution in [0.3, 0.4) is 0 Å². The number of nitrogens with zero attached hydrogens (tertiary/aromatic N) is 1. The van der Waals surface area contributed by atoms with Gasteiger partial charge in [0.2, 0.25) is 0 Å². The average molecular weight is 331 g/mol. The Kier molecular flexibility index (Phi) is 4.28. The molecular formula is C14H16ClFN2O2S. The van der Waals surface area contributed by atoms with E-state index in [9.17, 15) is 9.18 Å². The highest BCUT2D eigenvalue weighted by Gasteiger charge is 2.37. The summed E-state index contributed by atoms with van der Waals surface area (Å²) in [5.41, 5.74) is 5.73. The number of carbonyl (C=O) groups excluding carboxylic acids is 1. The molecule has 0 saturated carbocycles. The molecule has 0 aromatic heterocycles. The van der Waals surface area contributed by atoms with Crippen LogP contribution in [0.25, 0.3) is 0 Å². The average Bonchev–Trinajstić information content (AvgIpc) is 2.49. The molecule has 2 fully saturated rings. The lowest BCUT2D eigenvalue weighted by atomic mass is 10.0. The number of benzene rings is 1. The minimum absolute atomic E-state index is 0.117. The molecule has 0 radical (unpaired) electrons. The van der Waals surface area contributed by atoms with Gasteiger partial charge in [0.25, 0.3) is 5.91 Å². The van der Waals surface area contributed by atoms with Crippen LogP contribution in [0.4, 0.5) is 10.1 Å². The van der Waals surface area contributed by atoms with E-state index in [0.29, 0.717) is 19.8 Å². The number of amides is 1. The number of thioether (sulfide) groups is 1. The molecule has 3 rings (SSSR count). The third kappa shape index (κ3) is 2.84. The molecule has 2 N–H and O–H groups in total. The van der Waals surface area contributed by atoms with Crippen LogP contribution in [0.1, 0.15) is 16.8 Å². The summed E-state index contributed by atoms with van der Waals surface area (Å²) in [6.45, 7) is 1.93. The van der Waals surface area contributed by atoms with Crippen molar-refractivity contribution >= 4 is 35.0 Å². The Bertz CT molecular complexity index is 570. The van der Waals surface area contributed by atoms with Crippen LogP contribution in [0.15, 0.2) is 12.1 Å². The first-order valence-corrected chi connectivity index (χ1v) is 8.25. The molecule has 114 valence electrons. The van der Waals surface area contributed by atoms with Crippen LogP contribution in [0.5, 0.6) is 0 Å². The first kappa shape index (κ1) is 14.9. The molecule has 0 spiro atoms. The summed E-state index contributed by atoms with van der Waals surface area (Å²) in [4.78, 5) is 14.5. The molecule has 1 aromatic rings. The zero-order chi connectivity index (χ0) is 15.0. The topological polar surface area (TPSA) is 55.6 Å². The largest absolute Gasteiger partial charge is 0.396 e. The molecule has 2 saturated heterocycles. The number of carbonyl (C=O) groups is 1. The highest BCUT2D eigenvalue weighted by Crippen LogP contribution is 2.32. The van der Waals surface area contributed by atoms with E-state index in [2.05, 4.69) is 0 Å². The van der Waals surface area contributed by atoms with Crippen LogP contribution in [-0.2, 0) is 4.74 Å². The molecular weight excluding hydrogens is 315 g/mol. The smallest absolute Gasteiger partial charge is 0.256 e. The van der Waals surface area contributed by atoms with Crippen LogP contribution in [0, 0.1) is 5.82 Å². The predicted octanol–water partition coefficient (Wildman–Crippen LogP) is 2.41. The highest BCUT2D eigenvalue weighted by atomic mass is 35.5. The second kappa shape index (κ2) is 6.02. The zero-order valence-electron chi connectivity index (χ0n) is 11.4. The Balaban J connectivity index is 1.90. The van der Waals surface area contributed by atoms with Gasteiger partial charge in [-0.2, -0.15) is 11.8 Å². The fourth-order valence-electron chi connectivity index (χ4n) is 2.85. The normalized spacial score (nSPS) is 25.5. The van der Waals surface area contributed by atoms with Gasteiger partial charge in [-0.1, -0.05) is 11.6 Å². The van der Waals surface area contributed by atoms with Crippen molar-refractivity contribution in [3.63, 3.8) is 0 Å². The van der Waals surface area contributed by atoms with Crippen LogP contribution >= 0.6 is 23.4 Å². The van der Waals surface area contributed by atoms with E-state index in [1.165, 1.54) is 6.07 Å². The van der Waals surface area contributed by atoms with Gasteiger partial charge >= 0.3 is 0 Å². The summed E-state index contributed by atoms with van der Waals surface area (Å²) in [5.74, 6) is -0.0500. The van der Waals surface area contributed by atoms with Gasteiger partial charge in [0, 0.05) is 35.2 Å². The summed E-state index contributed by atoms with van der Waals surface area (Å²) >= 11 is 7.68. The van der Waals surface area contributed by atoms with Crippen molar-refractivity contribution in [2.75, 3.05) is 31.2 Å². The van der Waals surface area contributed by atoms with Crippen molar-refractivity contribution < 1.29 is 13.9 Å². The van der Waals surface area contributed by atoms with E-state index < -0.39 is 5.82 Å². The van der Waals surface area contributed by atoms with Gasteiger partial charge in [0.15, 0.2) is 0 Å². The molecule has 2 aliphatic heterocycles. The first-order valence-electron chi connectivity index (χ1n) is 6.83. The van der Waals surface area contributed by atoms with Crippen LogP contribution in [-0.4, -0.2) is 47.6 Å². The van der Waals surface area contributed by atoms with E-state index in [1.807, 2.05) is 11.8 Å². The Labute approximate surface area is 131 Å². The second-order valence-electron chi connectivity index (χ2n) is 5.19. The fourth-order valence-corrected chi connectivity index (χ4v) is 4.36. The zero-order valence-corrected chi connectivity index (χ0v) is 12.9. The minimum atomic E-state index is -0.652. The molecule has 1 amide bonds. The maximum absolute atomic E-state index is 13.7. The van der Waals surface area contributed by atoms with Gasteiger partial charge in [-0.25, -0.2) is 4.39 Å². The minimum Gasteiger partial charge on any atom is -0.396 e. The number of nitrogen functional groups attached to an aromatic ring is 1. The van der Waals surface area contributed by atoms with Crippen molar-refractivity contribution in [2.45, 2.75) is 17.7 Å². The van der Waals surface area contributed by atoms with Crippen molar-refractivity contribution in [1.82, 2.24) is 4.90 Å². The fraction of sp³-hybridized carbons (Fsp3) is 0.500. The third-order valence-corrected chi connectivity index (χ3v) is 5.43. The molecule has 21 heavy (non-hydrogen) atoms. The monoisotopic (exact) mass is 330 g/mol. The van der Waals surface area contributed by atoms with Crippen LogP contribution in [0.2, 0.25) is 5.02 Å². The number of halogens is 2. The maximum atomic E-state index is 13.7. The standard InChI is InChI=1S/C14H16ClFN2O2S/c15-8-5-9(13(17)10(16)6-8)14(19)18-2-4-21-12-7-20-3-1-11(12)18/h5-6,11-12H,1-4,7,17H2/t11-,12+/m1/s1. The lowest BCUT2D eigenvalue weighted by Crippen LogP contribution is -2.54. The number of rotatable bonds is 1. The second-order valence-corrected chi connectivity index (χ2v) is 6.97. The molecule has 2 heterocycles. The number of fused-ring (bicyclic) bond motifs is 1. The SMILES string of the molecule is Nc1c(F)cc(Cl)cc1C(=O)N1CCS[C@H]2COCC[C@H]21. The summed E-state index contributed by atoms with van der Waals surface area (Å²) in [6, 6.07) is 2.68. The Morgan fingerprint density at radius 3 is 3.14 bits per heavy atom. The first-order chi connectivity index (χ1) is 10.1. The Morgan fingerprint density at radius 1 is 1.52 bits per heavy atom. The van der Waals surface area contributed by atoms with Gasteiger partial charge in [-0.15, -0.1) is 0 Å². The summed E-state index contributed by atoms with van der Waals surface area (Å²) < 4.78 is 19.2. The molecule has 2 aliphatic rings. The lowest BCUT2D eigenvalue weighted by molar-refractivity contribution is 0.0319. The third-order valence-electron chi connectivity index (χ3n) is 3.92. The van der Waals surface area contributed by atoms with Gasteiger partial charge in [-0.3, -0.25) is 4.79 Å². The molecule has 4 nitrogen and oxygen atoms in total. The molecule has 0 bridgehead atoms. The summed E-state index contributed by atoms with van der Waals surface area (Å²) in [5, 5.41) is 0.460. The molecule has 2 atom stereocenters. The van der Waals surface area contributed by atoms with Crippen molar-refractivity contribution in [1.29, 1.82) is 0 Å². The molecule has 1 aromatic carbocycles. The van der Waals surface area contributed by atoms with Gasteiger partial charge in [-0.05, 0) is 18.6 Å². The van der Waals surface area contributed by atoms with Gasteiger partial charge in [0.1, 0.15) is 5.82 Å². The lowest BCUT2D eigenvalue weighted by Gasteiger charge is -2.43. The number of nitrogens with two attached hydrogens (primary N) is 1. The predicted molar refractivity (Wildman–Crippen MR) is 82.3 cm³/mol. The van der Waals surface area contributed by atoms with E-state index in [1.54, 1.807) is 4.90 Å². The van der Waals surface area contributed by atoms with E-state index in [-0.39, 0.29) is 33.5 Å². The number of hydrogen-bond acceptors (Lipinski definition) is 4. The summed E-state index contributed by atoms with van der Waals surface area (Å²) in [6.07, 6.45) is 0.798. The molecule has 7 heteroatoms. The van der Waals surface area contributed by atoms with Gasteiger partial charge in [0.05, 0.1) is 17.9 Å². The van der Waals surface area contributed by atoms with E-state index in [0.717, 1.165) is 18.2 Å². The van der Waals surface area contributed by atoms with Crippen molar-refractivity contribution in [3.05, 3.63) is 28.5 Å². The van der Waals surface area contributed by atoms with E-state index >= 15 is 0 Å². The Hall–Kier alpha value is -0.980. The molecule has 0 unspecified atom stereocenters. The van der Waals surface area contributed by atoms with Crippen molar-refractivity contribution in [2.24, 2.45) is 0 Å². The summed E-state index contributed by atoms with van der Waals surface area (Å²) in [7, 11) is 0. The number of hydrogen-bond donors (Lipinski definition) is 1. The quantitative estimate of drug-likeness (QED) is 0.803. The maximum Gasteiger partial charge on any atom is 0.256 e. The Morgan fingerprint density at radius 2 is 2.33 bits per heavy atom. The molecule has 0 aliphatic carbocycles. The van der Waals surface area contributed by atoms with Crippen LogP contribution < -0.4 is 5.73 Å².